The third-order valence-electron chi connectivity index (χ3n) is 5.10. The molecule has 0 saturated heterocycles. The van der Waals surface area contributed by atoms with Gasteiger partial charge in [0.15, 0.2) is 0 Å². The Kier molecular flexibility index (Phi) is 6.68. The van der Waals surface area contributed by atoms with Gasteiger partial charge in [-0.3, -0.25) is 4.79 Å². The predicted molar refractivity (Wildman–Crippen MR) is 117 cm³/mol. The van der Waals surface area contributed by atoms with E-state index in [1.54, 1.807) is 18.2 Å². The summed E-state index contributed by atoms with van der Waals surface area (Å²) in [4.78, 5) is 19.1. The van der Waals surface area contributed by atoms with Gasteiger partial charge in [-0.1, -0.05) is 23.2 Å². The highest BCUT2D eigenvalue weighted by Gasteiger charge is 2.23. The summed E-state index contributed by atoms with van der Waals surface area (Å²) in [6, 6.07) is 7.51. The van der Waals surface area contributed by atoms with Crippen molar-refractivity contribution < 1.29 is 4.79 Å². The number of pyridine rings is 1. The molecule has 1 saturated carbocycles. The summed E-state index contributed by atoms with van der Waals surface area (Å²) in [7, 11) is 4.07. The summed E-state index contributed by atoms with van der Waals surface area (Å²) in [5, 5.41) is 7.57. The largest absolute Gasteiger partial charge is 0.377 e. The number of hydrogen-bond donors (Lipinski definition) is 2. The van der Waals surface area contributed by atoms with Crippen LogP contribution in [0, 0.1) is 6.92 Å². The molecule has 3 rings (SSSR count). The van der Waals surface area contributed by atoms with Gasteiger partial charge in [-0.05, 0) is 56.4 Å². The van der Waals surface area contributed by atoms with Gasteiger partial charge in [0.2, 0.25) is 0 Å². The number of carbonyl (C=O) groups excluding carboxylic acids is 1. The van der Waals surface area contributed by atoms with Crippen LogP contribution >= 0.6 is 23.2 Å². The van der Waals surface area contributed by atoms with Gasteiger partial charge in [0, 0.05) is 59.7 Å². The van der Waals surface area contributed by atoms with E-state index in [0.717, 1.165) is 37.1 Å². The van der Waals surface area contributed by atoms with Crippen LogP contribution < -0.4 is 15.5 Å². The lowest BCUT2D eigenvalue weighted by Crippen LogP contribution is -2.40. The zero-order chi connectivity index (χ0) is 20.3. The van der Waals surface area contributed by atoms with Crippen molar-refractivity contribution in [2.24, 2.45) is 0 Å². The molecule has 1 aliphatic carbocycles. The first-order valence-corrected chi connectivity index (χ1v) is 10.2. The lowest BCUT2D eigenvalue weighted by atomic mass is 9.91. The fraction of sp³-hybridized carbons (Fsp3) is 0.429. The maximum absolute atomic E-state index is 12.5. The van der Waals surface area contributed by atoms with Gasteiger partial charge in [-0.25, -0.2) is 4.98 Å². The van der Waals surface area contributed by atoms with E-state index < -0.39 is 0 Å². The van der Waals surface area contributed by atoms with Crippen molar-refractivity contribution in [1.29, 1.82) is 0 Å². The van der Waals surface area contributed by atoms with E-state index in [2.05, 4.69) is 33.5 Å². The number of rotatable bonds is 5. The number of hydrogen-bond acceptors (Lipinski definition) is 4. The maximum Gasteiger partial charge on any atom is 0.251 e. The minimum absolute atomic E-state index is 0.128. The van der Waals surface area contributed by atoms with Crippen LogP contribution in [-0.4, -0.2) is 37.1 Å². The van der Waals surface area contributed by atoms with Crippen molar-refractivity contribution in [2.45, 2.75) is 44.7 Å². The molecule has 1 aliphatic rings. The summed E-state index contributed by atoms with van der Waals surface area (Å²) >= 11 is 12.0. The molecule has 0 atom stereocenters. The molecule has 1 heterocycles. The average molecular weight is 421 g/mol. The number of nitrogens with zero attached hydrogens (tertiary/aromatic N) is 2. The number of benzene rings is 1. The minimum atomic E-state index is -0.128. The van der Waals surface area contributed by atoms with Gasteiger partial charge in [-0.15, -0.1) is 0 Å². The number of aromatic nitrogens is 1. The van der Waals surface area contributed by atoms with Crippen LogP contribution in [-0.2, 0) is 0 Å². The molecule has 28 heavy (non-hydrogen) atoms. The molecule has 0 aliphatic heterocycles. The van der Waals surface area contributed by atoms with Crippen molar-refractivity contribution in [3.05, 3.63) is 51.6 Å². The molecule has 1 aromatic carbocycles. The summed E-state index contributed by atoms with van der Waals surface area (Å²) in [5.74, 6) is 0.770. The van der Waals surface area contributed by atoms with E-state index in [4.69, 9.17) is 23.2 Å². The monoisotopic (exact) mass is 420 g/mol. The van der Waals surface area contributed by atoms with Gasteiger partial charge in [0.05, 0.1) is 0 Å². The maximum atomic E-state index is 12.5. The van der Waals surface area contributed by atoms with Gasteiger partial charge in [0.25, 0.3) is 5.91 Å². The first-order valence-electron chi connectivity index (χ1n) is 9.49. The molecule has 1 aromatic heterocycles. The van der Waals surface area contributed by atoms with E-state index in [1.807, 2.05) is 20.3 Å². The van der Waals surface area contributed by atoms with Gasteiger partial charge >= 0.3 is 0 Å². The quantitative estimate of drug-likeness (QED) is 0.720. The molecule has 0 spiro atoms. The second-order valence-corrected chi connectivity index (χ2v) is 8.45. The summed E-state index contributed by atoms with van der Waals surface area (Å²) in [6.07, 6.45) is 5.70. The standard InChI is InChI=1S/C21H26Cl2N4O/c1-13-12-24-20(11-19(13)27(2)3)25-17-4-6-18(7-5-17)26-21(28)14-8-15(22)10-16(23)9-14/h8-12,17-18H,4-7H2,1-3H3,(H,24,25)(H,26,28)/t17-,18+. The molecule has 7 heteroatoms. The first-order chi connectivity index (χ1) is 13.3. The first kappa shape index (κ1) is 20.7. The summed E-state index contributed by atoms with van der Waals surface area (Å²) in [5.41, 5.74) is 2.82. The van der Waals surface area contributed by atoms with Gasteiger partial charge in [0.1, 0.15) is 5.82 Å². The lowest BCUT2D eigenvalue weighted by molar-refractivity contribution is 0.0926. The fourth-order valence-corrected chi connectivity index (χ4v) is 4.14. The van der Waals surface area contributed by atoms with Gasteiger partial charge < -0.3 is 15.5 Å². The lowest BCUT2D eigenvalue weighted by Gasteiger charge is -2.30. The molecular formula is C21H26Cl2N4O. The number of halogens is 2. The molecular weight excluding hydrogens is 395 g/mol. The molecule has 5 nitrogen and oxygen atoms in total. The van der Waals surface area contributed by atoms with E-state index in [-0.39, 0.29) is 11.9 Å². The van der Waals surface area contributed by atoms with Crippen LogP contribution in [0.5, 0.6) is 0 Å². The normalized spacial score (nSPS) is 19.2. The molecule has 0 bridgehead atoms. The highest BCUT2D eigenvalue weighted by molar-refractivity contribution is 6.35. The van der Waals surface area contributed by atoms with Crippen LogP contribution in [0.4, 0.5) is 11.5 Å². The molecule has 1 fully saturated rings. The fourth-order valence-electron chi connectivity index (χ4n) is 3.62. The minimum Gasteiger partial charge on any atom is -0.377 e. The highest BCUT2D eigenvalue weighted by Crippen LogP contribution is 2.25. The summed E-state index contributed by atoms with van der Waals surface area (Å²) < 4.78 is 0. The molecule has 2 aromatic rings. The third-order valence-corrected chi connectivity index (χ3v) is 5.53. The Morgan fingerprint density at radius 3 is 2.25 bits per heavy atom. The van der Waals surface area contributed by atoms with Crippen LogP contribution in [0.1, 0.15) is 41.6 Å². The van der Waals surface area contributed by atoms with E-state index >= 15 is 0 Å². The van der Waals surface area contributed by atoms with Crippen molar-refractivity contribution in [2.75, 3.05) is 24.3 Å². The van der Waals surface area contributed by atoms with Crippen molar-refractivity contribution in [3.63, 3.8) is 0 Å². The van der Waals surface area contributed by atoms with E-state index in [9.17, 15) is 4.79 Å². The highest BCUT2D eigenvalue weighted by atomic mass is 35.5. The third kappa shape index (κ3) is 5.30. The Morgan fingerprint density at radius 2 is 1.64 bits per heavy atom. The van der Waals surface area contributed by atoms with Crippen LogP contribution in [0.15, 0.2) is 30.5 Å². The topological polar surface area (TPSA) is 57.3 Å². The van der Waals surface area contributed by atoms with Gasteiger partial charge in [-0.2, -0.15) is 0 Å². The Hall–Kier alpha value is -1.98. The van der Waals surface area contributed by atoms with Crippen LogP contribution in [0.25, 0.3) is 0 Å². The second-order valence-electron chi connectivity index (χ2n) is 7.57. The SMILES string of the molecule is Cc1cnc(N[C@H]2CC[C@@H](NC(=O)c3cc(Cl)cc(Cl)c3)CC2)cc1N(C)C. The number of anilines is 2. The Balaban J connectivity index is 1.53. The smallest absolute Gasteiger partial charge is 0.251 e. The van der Waals surface area contributed by atoms with Crippen LogP contribution in [0.3, 0.4) is 0 Å². The van der Waals surface area contributed by atoms with Crippen molar-refractivity contribution in [1.82, 2.24) is 10.3 Å². The van der Waals surface area contributed by atoms with E-state index in [1.165, 1.54) is 5.69 Å². The number of nitrogens with one attached hydrogen (secondary N) is 2. The van der Waals surface area contributed by atoms with Crippen molar-refractivity contribution >= 4 is 40.6 Å². The molecule has 150 valence electrons. The average Bonchev–Trinajstić information content (AvgIpc) is 2.64. The predicted octanol–water partition coefficient (Wildman–Crippen LogP) is 4.92. The molecule has 1 amide bonds. The van der Waals surface area contributed by atoms with Crippen molar-refractivity contribution in [3.8, 4) is 0 Å². The number of amides is 1. The Morgan fingerprint density at radius 1 is 1.04 bits per heavy atom. The van der Waals surface area contributed by atoms with E-state index in [0.29, 0.717) is 21.7 Å². The summed E-state index contributed by atoms with van der Waals surface area (Å²) in [6.45, 7) is 2.06. The number of aryl methyl sites for hydroxylation is 1. The molecule has 0 unspecified atom stereocenters. The zero-order valence-corrected chi connectivity index (χ0v) is 17.9. The zero-order valence-electron chi connectivity index (χ0n) is 16.4. The molecule has 0 radical (unpaired) electrons. The second kappa shape index (κ2) is 9.01. The Bertz CT molecular complexity index is 828. The molecule has 2 N–H and O–H groups in total. The Labute approximate surface area is 176 Å². The van der Waals surface area contributed by atoms with Crippen LogP contribution in [0.2, 0.25) is 10.0 Å². The number of carbonyl (C=O) groups is 1.